The molecule has 1 heterocycles. The number of rotatable bonds is 10. The number of amides is 1. The first kappa shape index (κ1) is 28.8. The summed E-state index contributed by atoms with van der Waals surface area (Å²) < 4.78 is 12.3. The van der Waals surface area contributed by atoms with Gasteiger partial charge >= 0.3 is 6.09 Å². The Hall–Kier alpha value is -3.19. The average Bonchev–Trinajstić information content (AvgIpc) is 3.16. The van der Waals surface area contributed by atoms with Gasteiger partial charge in [0.2, 0.25) is 0 Å². The molecule has 1 aliphatic rings. The number of carbonyl (C=O) groups excluding carboxylic acids is 1. The number of benzene rings is 3. The molecule has 208 valence electrons. The van der Waals surface area contributed by atoms with Crippen molar-refractivity contribution < 1.29 is 19.4 Å². The zero-order chi connectivity index (χ0) is 28.0. The molecule has 3 atom stereocenters. The number of hydrogen-bond donors (Lipinski definition) is 1. The maximum atomic E-state index is 13.9. The van der Waals surface area contributed by atoms with E-state index in [1.165, 1.54) is 0 Å². The summed E-state index contributed by atoms with van der Waals surface area (Å²) in [5.74, 6) is 0. The van der Waals surface area contributed by atoms with Crippen molar-refractivity contribution in [2.75, 3.05) is 6.61 Å². The molecule has 4 rings (SSSR count). The number of aliphatic hydroxyl groups is 1. The minimum absolute atomic E-state index is 0.265. The molecule has 3 aromatic carbocycles. The molecule has 1 aliphatic heterocycles. The molecule has 39 heavy (non-hydrogen) atoms. The van der Waals surface area contributed by atoms with Crippen LogP contribution in [0.25, 0.3) is 0 Å². The van der Waals surface area contributed by atoms with Crippen LogP contribution in [0.1, 0.15) is 63.8 Å². The van der Waals surface area contributed by atoms with Crippen LogP contribution in [-0.4, -0.2) is 51.0 Å². The maximum absolute atomic E-state index is 13.9. The fraction of sp³-hybridized carbons (Fsp3) is 0.424. The van der Waals surface area contributed by atoms with Gasteiger partial charge in [0.15, 0.2) is 0 Å². The Labute approximate surface area is 233 Å². The van der Waals surface area contributed by atoms with Crippen LogP contribution in [0.5, 0.6) is 0 Å². The maximum Gasteiger partial charge on any atom is 0.413 e. The molecule has 0 radical (unpaired) electrons. The van der Waals surface area contributed by atoms with Crippen LogP contribution in [-0.2, 0) is 22.6 Å². The van der Waals surface area contributed by atoms with Gasteiger partial charge in [0.05, 0.1) is 18.2 Å². The summed E-state index contributed by atoms with van der Waals surface area (Å²) in [5.41, 5.74) is 1.66. The largest absolute Gasteiger partial charge is 0.441 e. The van der Waals surface area contributed by atoms with Crippen LogP contribution in [0.4, 0.5) is 4.79 Å². The third-order valence-corrected chi connectivity index (χ3v) is 7.52. The van der Waals surface area contributed by atoms with Gasteiger partial charge in [0.1, 0.15) is 17.9 Å². The lowest BCUT2D eigenvalue weighted by atomic mass is 9.94. The van der Waals surface area contributed by atoms with Crippen LogP contribution in [0.2, 0.25) is 0 Å². The van der Waals surface area contributed by atoms with Crippen molar-refractivity contribution in [2.24, 2.45) is 0 Å². The molecular weight excluding hydrogens is 488 g/mol. The average molecular weight is 531 g/mol. The van der Waals surface area contributed by atoms with E-state index in [-0.39, 0.29) is 6.04 Å². The number of ether oxygens (including phenoxy) is 2. The molecule has 0 unspecified atom stereocenters. The number of carbonyl (C=O) groups is 1. The molecule has 1 saturated heterocycles. The van der Waals surface area contributed by atoms with Gasteiger partial charge in [0.25, 0.3) is 0 Å². The second-order valence-electron chi connectivity index (χ2n) is 11.4. The van der Waals surface area contributed by atoms with Crippen molar-refractivity contribution in [2.45, 2.75) is 83.6 Å². The first-order valence-electron chi connectivity index (χ1n) is 13.8. The van der Waals surface area contributed by atoms with Gasteiger partial charge in [-0.25, -0.2) is 4.79 Å². The molecule has 0 saturated carbocycles. The van der Waals surface area contributed by atoms with Crippen LogP contribution in [0.15, 0.2) is 91.0 Å². The molecule has 6 heteroatoms. The van der Waals surface area contributed by atoms with Gasteiger partial charge in [-0.05, 0) is 50.8 Å². The van der Waals surface area contributed by atoms with E-state index < -0.39 is 29.6 Å². The van der Waals surface area contributed by atoms with Crippen molar-refractivity contribution in [3.05, 3.63) is 108 Å². The third-order valence-electron chi connectivity index (χ3n) is 7.52. The quantitative estimate of drug-likeness (QED) is 0.322. The Morgan fingerprint density at radius 2 is 1.38 bits per heavy atom. The highest BCUT2D eigenvalue weighted by molar-refractivity contribution is 5.70. The van der Waals surface area contributed by atoms with Gasteiger partial charge in [0, 0.05) is 13.1 Å². The molecule has 0 spiro atoms. The summed E-state index contributed by atoms with van der Waals surface area (Å²) in [6.45, 7) is 11.5. The number of hydrogen-bond acceptors (Lipinski definition) is 5. The summed E-state index contributed by atoms with van der Waals surface area (Å²) in [4.78, 5) is 17.9. The van der Waals surface area contributed by atoms with E-state index in [9.17, 15) is 9.90 Å². The lowest BCUT2D eigenvalue weighted by molar-refractivity contribution is -0.0932. The Kier molecular flexibility index (Phi) is 9.11. The van der Waals surface area contributed by atoms with Crippen LogP contribution in [0, 0.1) is 0 Å². The van der Waals surface area contributed by atoms with E-state index in [0.717, 1.165) is 11.1 Å². The van der Waals surface area contributed by atoms with Gasteiger partial charge < -0.3 is 14.6 Å². The molecule has 1 fully saturated rings. The summed E-state index contributed by atoms with van der Waals surface area (Å²) in [5, 5.41) is 11.8. The predicted molar refractivity (Wildman–Crippen MR) is 154 cm³/mol. The minimum Gasteiger partial charge on any atom is -0.441 e. The van der Waals surface area contributed by atoms with E-state index >= 15 is 0 Å². The highest BCUT2D eigenvalue weighted by Gasteiger charge is 2.51. The molecular formula is C33H42N2O4. The van der Waals surface area contributed by atoms with Crippen molar-refractivity contribution >= 4 is 6.09 Å². The van der Waals surface area contributed by atoms with E-state index in [0.29, 0.717) is 31.7 Å². The highest BCUT2D eigenvalue weighted by Crippen LogP contribution is 2.37. The summed E-state index contributed by atoms with van der Waals surface area (Å²) in [6, 6.07) is 29.8. The first-order valence-corrected chi connectivity index (χ1v) is 13.8. The van der Waals surface area contributed by atoms with Gasteiger partial charge in [-0.3, -0.25) is 9.80 Å². The Balaban J connectivity index is 1.72. The highest BCUT2D eigenvalue weighted by atomic mass is 16.6. The normalized spacial score (nSPS) is 18.5. The molecule has 6 nitrogen and oxygen atoms in total. The first-order chi connectivity index (χ1) is 18.6. The van der Waals surface area contributed by atoms with E-state index in [4.69, 9.17) is 9.47 Å². The fourth-order valence-corrected chi connectivity index (χ4v) is 5.67. The fourth-order valence-electron chi connectivity index (χ4n) is 5.67. The molecule has 0 aromatic heterocycles. The zero-order valence-electron chi connectivity index (χ0n) is 23.8. The Morgan fingerprint density at radius 1 is 0.897 bits per heavy atom. The monoisotopic (exact) mass is 530 g/mol. The molecule has 1 amide bonds. The van der Waals surface area contributed by atoms with Crippen molar-refractivity contribution in [3.63, 3.8) is 0 Å². The standard InChI is InChI=1S/C33H42N2O4/c1-6-28(34(22-25-16-10-7-11-17-25)23-26-18-12-8-13-19-26)30(29(36)27-20-14-9-15-21-27)39-31(37)35-32(2,3)24-38-33(35,4)5/h7-21,28-30,36H,6,22-24H2,1-5H3/t28-,29-,30+/m1/s1. The topological polar surface area (TPSA) is 62.2 Å². The zero-order valence-corrected chi connectivity index (χ0v) is 23.8. The van der Waals surface area contributed by atoms with Crippen LogP contribution >= 0.6 is 0 Å². The van der Waals surface area contributed by atoms with Crippen LogP contribution < -0.4 is 0 Å². The van der Waals surface area contributed by atoms with E-state index in [1.807, 2.05) is 94.4 Å². The number of aliphatic hydroxyl groups excluding tert-OH is 1. The molecule has 1 N–H and O–H groups in total. The second kappa shape index (κ2) is 12.3. The Bertz CT molecular complexity index is 1130. The van der Waals surface area contributed by atoms with E-state index in [1.54, 1.807) is 4.90 Å². The SMILES string of the molecule is CC[C@H]([C@H](OC(=O)N1C(C)(C)COC1(C)C)[C@H](O)c1ccccc1)N(Cc1ccccc1)Cc1ccccc1. The molecule has 0 aliphatic carbocycles. The van der Waals surface area contributed by atoms with Crippen molar-refractivity contribution in [3.8, 4) is 0 Å². The second-order valence-corrected chi connectivity index (χ2v) is 11.4. The lowest BCUT2D eigenvalue weighted by Crippen LogP contribution is -2.56. The number of nitrogens with zero attached hydrogens (tertiary/aromatic N) is 2. The Morgan fingerprint density at radius 3 is 1.82 bits per heavy atom. The summed E-state index contributed by atoms with van der Waals surface area (Å²) in [7, 11) is 0. The third kappa shape index (κ3) is 6.88. The summed E-state index contributed by atoms with van der Waals surface area (Å²) >= 11 is 0. The van der Waals surface area contributed by atoms with Crippen molar-refractivity contribution in [1.29, 1.82) is 0 Å². The van der Waals surface area contributed by atoms with Crippen LogP contribution in [0.3, 0.4) is 0 Å². The van der Waals surface area contributed by atoms with Gasteiger partial charge in [-0.1, -0.05) is 97.9 Å². The molecule has 0 bridgehead atoms. The summed E-state index contributed by atoms with van der Waals surface area (Å²) in [6.07, 6.45) is -1.64. The van der Waals surface area contributed by atoms with Crippen molar-refractivity contribution in [1.82, 2.24) is 9.80 Å². The van der Waals surface area contributed by atoms with Gasteiger partial charge in [-0.2, -0.15) is 0 Å². The predicted octanol–water partition coefficient (Wildman–Crippen LogP) is 6.55. The minimum atomic E-state index is -1.01. The molecule has 3 aromatic rings. The van der Waals surface area contributed by atoms with Gasteiger partial charge in [-0.15, -0.1) is 0 Å². The van der Waals surface area contributed by atoms with E-state index in [2.05, 4.69) is 36.1 Å². The smallest absolute Gasteiger partial charge is 0.413 e. The lowest BCUT2D eigenvalue weighted by Gasteiger charge is -2.42.